The fraction of sp³-hybridized carbons (Fsp3) is 0.238. The van der Waals surface area contributed by atoms with Gasteiger partial charge in [-0.15, -0.1) is 0 Å². The summed E-state index contributed by atoms with van der Waals surface area (Å²) in [5.74, 6) is -1.28. The lowest BCUT2D eigenvalue weighted by molar-refractivity contribution is -0.115. The summed E-state index contributed by atoms with van der Waals surface area (Å²) in [6, 6.07) is 9.18. The number of amides is 1. The molecule has 0 bridgehead atoms. The van der Waals surface area contributed by atoms with Crippen molar-refractivity contribution in [2.45, 2.75) is 38.1 Å². The summed E-state index contributed by atoms with van der Waals surface area (Å²) in [7, 11) is -4.07. The Hall–Kier alpha value is -2.93. The minimum atomic E-state index is -4.07. The van der Waals surface area contributed by atoms with Crippen molar-refractivity contribution < 1.29 is 22.2 Å². The van der Waals surface area contributed by atoms with Crippen LogP contribution < -0.4 is 9.08 Å². The number of Topliss-reactive ketones (excluding diaryl/α,β-unsaturated/α-hetero) is 1. The van der Waals surface area contributed by atoms with E-state index in [1.165, 1.54) is 23.1 Å². The molecule has 0 aliphatic carbocycles. The molecule has 2 aliphatic heterocycles. The minimum absolute atomic E-state index is 0.00443. The largest absolute Gasteiger partial charge is 0.379 e. The second-order valence-corrected chi connectivity index (χ2v) is 9.21. The van der Waals surface area contributed by atoms with Gasteiger partial charge in [-0.25, -0.2) is 0 Å². The first kappa shape index (κ1) is 18.4. The maximum atomic E-state index is 12.6. The minimum Gasteiger partial charge on any atom is -0.379 e. The van der Waals surface area contributed by atoms with Gasteiger partial charge in [0.1, 0.15) is 10.6 Å². The van der Waals surface area contributed by atoms with E-state index in [0.717, 1.165) is 11.1 Å². The van der Waals surface area contributed by atoms with Crippen LogP contribution in [0.15, 0.2) is 47.4 Å². The molecule has 1 amide bonds. The predicted octanol–water partition coefficient (Wildman–Crippen LogP) is 3.49. The normalized spacial score (nSPS) is 17.4. The maximum Gasteiger partial charge on any atom is 0.339 e. The van der Waals surface area contributed by atoms with Crippen molar-refractivity contribution in [3.05, 3.63) is 59.2 Å². The highest BCUT2D eigenvalue weighted by atomic mass is 32.2. The van der Waals surface area contributed by atoms with E-state index < -0.39 is 27.3 Å². The Labute approximate surface area is 163 Å². The summed E-state index contributed by atoms with van der Waals surface area (Å²) in [6.07, 6.45) is 1.88. The molecule has 0 saturated heterocycles. The number of nitrogens with zero attached hydrogens (tertiary/aromatic N) is 1. The van der Waals surface area contributed by atoms with Gasteiger partial charge in [0, 0.05) is 5.56 Å². The molecule has 2 aromatic rings. The number of benzene rings is 2. The first-order valence-electron chi connectivity index (χ1n) is 8.79. The molecule has 28 heavy (non-hydrogen) atoms. The third-order valence-electron chi connectivity index (χ3n) is 5.04. The van der Waals surface area contributed by atoms with Crippen LogP contribution in [0.2, 0.25) is 0 Å². The number of anilines is 1. The number of aryl methyl sites for hydroxylation is 1. The Morgan fingerprint density at radius 1 is 0.964 bits per heavy atom. The van der Waals surface area contributed by atoms with Crippen LogP contribution in [0.5, 0.6) is 5.75 Å². The zero-order valence-electron chi connectivity index (χ0n) is 15.9. The first-order valence-corrected chi connectivity index (χ1v) is 10.2. The van der Waals surface area contributed by atoms with Gasteiger partial charge in [0.05, 0.1) is 16.8 Å². The molecule has 7 heteroatoms. The summed E-state index contributed by atoms with van der Waals surface area (Å²) >= 11 is 0. The molecular formula is C21H19NO5S. The van der Waals surface area contributed by atoms with E-state index in [0.29, 0.717) is 11.3 Å². The van der Waals surface area contributed by atoms with Gasteiger partial charge in [-0.05, 0) is 57.5 Å². The van der Waals surface area contributed by atoms with Gasteiger partial charge in [-0.3, -0.25) is 14.5 Å². The monoisotopic (exact) mass is 397 g/mol. The van der Waals surface area contributed by atoms with Crippen molar-refractivity contribution >= 4 is 33.1 Å². The van der Waals surface area contributed by atoms with Gasteiger partial charge in [0.25, 0.3) is 11.7 Å². The summed E-state index contributed by atoms with van der Waals surface area (Å²) in [5.41, 5.74) is 2.42. The third kappa shape index (κ3) is 2.65. The fourth-order valence-electron chi connectivity index (χ4n) is 3.79. The van der Waals surface area contributed by atoms with Crippen LogP contribution in [0.4, 0.5) is 5.69 Å². The maximum absolute atomic E-state index is 12.6. The van der Waals surface area contributed by atoms with Gasteiger partial charge in [0.2, 0.25) is 0 Å². The molecule has 0 fully saturated rings. The van der Waals surface area contributed by atoms with Crippen molar-refractivity contribution in [1.29, 1.82) is 0 Å². The standard InChI is InChI=1S/C21H19NO5S/c1-12-5-7-15(8-6-12)28(25,26)27-14-9-16-13(2)11-21(3,4)22-18(16)17(10-14)19(23)20(22)24/h5-11H,1-4H3. The number of rotatable bonds is 3. The fourth-order valence-corrected chi connectivity index (χ4v) is 4.71. The SMILES string of the molecule is CC1=CC(C)(C)N2C(=O)C(=O)c3cc(OS(=O)(=O)c4ccc(C)cc4)cc1c32. The van der Waals surface area contributed by atoms with E-state index in [-0.39, 0.29) is 16.2 Å². The van der Waals surface area contributed by atoms with Gasteiger partial charge in [-0.2, -0.15) is 8.42 Å². The zero-order valence-corrected chi connectivity index (χ0v) is 16.8. The summed E-state index contributed by atoms with van der Waals surface area (Å²) in [6.45, 7) is 7.42. The molecule has 0 N–H and O–H groups in total. The topological polar surface area (TPSA) is 80.8 Å². The smallest absolute Gasteiger partial charge is 0.339 e. The summed E-state index contributed by atoms with van der Waals surface area (Å²) in [5, 5.41) is 0. The van der Waals surface area contributed by atoms with Gasteiger partial charge >= 0.3 is 10.1 Å². The number of hydrogen-bond donors (Lipinski definition) is 0. The highest BCUT2D eigenvalue weighted by Crippen LogP contribution is 2.47. The van der Waals surface area contributed by atoms with Crippen molar-refractivity contribution in [3.63, 3.8) is 0 Å². The van der Waals surface area contributed by atoms with Gasteiger partial charge in [0.15, 0.2) is 0 Å². The number of allylic oxidation sites excluding steroid dienone is 1. The van der Waals surface area contributed by atoms with Crippen LogP contribution in [0, 0.1) is 6.92 Å². The van der Waals surface area contributed by atoms with Gasteiger partial charge in [-0.1, -0.05) is 23.8 Å². The van der Waals surface area contributed by atoms with E-state index >= 15 is 0 Å². The Bertz CT molecular complexity index is 1170. The van der Waals surface area contributed by atoms with Crippen molar-refractivity contribution in [2.24, 2.45) is 0 Å². The van der Waals surface area contributed by atoms with Crippen molar-refractivity contribution in [3.8, 4) is 5.75 Å². The second-order valence-electron chi connectivity index (χ2n) is 7.67. The van der Waals surface area contributed by atoms with Crippen LogP contribution in [0.1, 0.15) is 42.3 Å². The lowest BCUT2D eigenvalue weighted by atomic mass is 9.89. The number of ketones is 1. The summed E-state index contributed by atoms with van der Waals surface area (Å²) < 4.78 is 30.5. The molecule has 2 aliphatic rings. The van der Waals surface area contributed by atoms with Crippen LogP contribution >= 0.6 is 0 Å². The van der Waals surface area contributed by atoms with E-state index in [4.69, 9.17) is 4.18 Å². The average molecular weight is 397 g/mol. The lowest BCUT2D eigenvalue weighted by Gasteiger charge is -2.38. The molecule has 0 spiro atoms. The Morgan fingerprint density at radius 2 is 1.57 bits per heavy atom. The molecule has 0 atom stereocenters. The highest BCUT2D eigenvalue weighted by molar-refractivity contribution is 7.87. The third-order valence-corrected chi connectivity index (χ3v) is 6.30. The zero-order chi connectivity index (χ0) is 20.4. The molecule has 0 saturated carbocycles. The highest BCUT2D eigenvalue weighted by Gasteiger charge is 2.47. The van der Waals surface area contributed by atoms with Crippen LogP contribution in [0.25, 0.3) is 5.57 Å². The molecular weight excluding hydrogens is 378 g/mol. The molecule has 6 nitrogen and oxygen atoms in total. The van der Waals surface area contributed by atoms with E-state index in [9.17, 15) is 18.0 Å². The Kier molecular flexibility index (Phi) is 3.81. The quantitative estimate of drug-likeness (QED) is 0.585. The first-order chi connectivity index (χ1) is 13.0. The van der Waals surface area contributed by atoms with E-state index in [1.807, 2.05) is 33.8 Å². The second kappa shape index (κ2) is 5.78. The number of carbonyl (C=O) groups is 2. The molecule has 0 unspecified atom stereocenters. The Balaban J connectivity index is 1.83. The van der Waals surface area contributed by atoms with E-state index in [1.54, 1.807) is 18.2 Å². The molecule has 2 heterocycles. The van der Waals surface area contributed by atoms with Crippen LogP contribution in [-0.2, 0) is 14.9 Å². The lowest BCUT2D eigenvalue weighted by Crippen LogP contribution is -2.47. The molecule has 144 valence electrons. The predicted molar refractivity (Wildman–Crippen MR) is 105 cm³/mol. The average Bonchev–Trinajstić information content (AvgIpc) is 2.85. The van der Waals surface area contributed by atoms with E-state index in [2.05, 4.69) is 0 Å². The Morgan fingerprint density at radius 3 is 2.21 bits per heavy atom. The van der Waals surface area contributed by atoms with Crippen molar-refractivity contribution in [1.82, 2.24) is 0 Å². The molecule has 0 radical (unpaired) electrons. The van der Waals surface area contributed by atoms with Crippen LogP contribution in [0.3, 0.4) is 0 Å². The molecule has 2 aromatic carbocycles. The van der Waals surface area contributed by atoms with Gasteiger partial charge < -0.3 is 4.18 Å². The van der Waals surface area contributed by atoms with Crippen molar-refractivity contribution in [2.75, 3.05) is 4.90 Å². The molecule has 4 rings (SSSR count). The molecule has 0 aromatic heterocycles. The summed E-state index contributed by atoms with van der Waals surface area (Å²) in [4.78, 5) is 26.6. The number of carbonyl (C=O) groups excluding carboxylic acids is 2. The van der Waals surface area contributed by atoms with Crippen LogP contribution in [-0.4, -0.2) is 25.6 Å². The number of hydrogen-bond acceptors (Lipinski definition) is 5.